The number of rotatable bonds is 1. The molecule has 1 N–H and O–H groups in total. The van der Waals surface area contributed by atoms with Crippen LogP contribution in [0.2, 0.25) is 0 Å². The van der Waals surface area contributed by atoms with E-state index in [4.69, 9.17) is 0 Å². The molecule has 11 heavy (non-hydrogen) atoms. The third-order valence-corrected chi connectivity index (χ3v) is 2.49. The van der Waals surface area contributed by atoms with Crippen molar-refractivity contribution in [3.63, 3.8) is 0 Å². The van der Waals surface area contributed by atoms with Crippen LogP contribution in [0.3, 0.4) is 0 Å². The first-order valence-electron chi connectivity index (χ1n) is 3.22. The van der Waals surface area contributed by atoms with E-state index >= 15 is 0 Å². The van der Waals surface area contributed by atoms with Crippen LogP contribution in [0.15, 0.2) is 22.0 Å². The van der Waals surface area contributed by atoms with Crippen LogP contribution in [0.1, 0.15) is 0 Å². The molecule has 5 nitrogen and oxygen atoms in total. The maximum Gasteiger partial charge on any atom is 0.315 e. The Labute approximate surface area is 67.9 Å². The summed E-state index contributed by atoms with van der Waals surface area (Å²) in [5.74, 6) is 0. The summed E-state index contributed by atoms with van der Waals surface area (Å²) in [6.45, 7) is 0.688. The minimum absolute atomic E-state index is 0.414. The van der Waals surface area contributed by atoms with E-state index in [9.17, 15) is 0 Å². The fraction of sp³-hybridized carbons (Fsp3) is 0.400. The summed E-state index contributed by atoms with van der Waals surface area (Å²) >= 11 is 1.59. The molecule has 0 saturated carbocycles. The molecule has 0 radical (unpaired) electrons. The van der Waals surface area contributed by atoms with E-state index in [1.807, 2.05) is 12.4 Å². The van der Waals surface area contributed by atoms with Gasteiger partial charge < -0.3 is 0 Å². The maximum absolute atomic E-state index is 4.17. The largest absolute Gasteiger partial charge is 0.315 e. The first kappa shape index (κ1) is 6.68. The van der Waals surface area contributed by atoms with Gasteiger partial charge in [0, 0.05) is 11.6 Å². The summed E-state index contributed by atoms with van der Waals surface area (Å²) in [6.07, 6.45) is 1.78. The molecule has 1 aromatic heterocycles. The second-order valence-electron chi connectivity index (χ2n) is 2.46. The average Bonchev–Trinajstić information content (AvgIpc) is 2.55. The molecule has 0 bridgehead atoms. The van der Waals surface area contributed by atoms with Crippen molar-refractivity contribution in [1.82, 2.24) is 15.0 Å². The molecule has 0 aliphatic carbocycles. The zero-order chi connectivity index (χ0) is 7.73. The zero-order valence-corrected chi connectivity index (χ0v) is 6.88. The van der Waals surface area contributed by atoms with Crippen LogP contribution in [0.4, 0.5) is 5.13 Å². The van der Waals surface area contributed by atoms with Gasteiger partial charge in [0.15, 0.2) is 0 Å². The van der Waals surface area contributed by atoms with Gasteiger partial charge in [-0.2, -0.15) is 4.98 Å². The van der Waals surface area contributed by atoms with E-state index in [0.717, 1.165) is 5.13 Å². The lowest BCUT2D eigenvalue weighted by atomic mass is 10.8. The van der Waals surface area contributed by atoms with E-state index in [-0.39, 0.29) is 0 Å². The third kappa shape index (κ3) is 0.997. The first-order valence-corrected chi connectivity index (χ1v) is 4.10. The Balaban J connectivity index is 2.35. The molecule has 6 heteroatoms. The minimum Gasteiger partial charge on any atom is -0.235 e. The molecule has 1 atom stereocenters. The van der Waals surface area contributed by atoms with Crippen LogP contribution < -0.4 is 10.0 Å². The van der Waals surface area contributed by atoms with Crippen molar-refractivity contribution in [2.75, 3.05) is 13.7 Å². The van der Waals surface area contributed by atoms with E-state index < -0.39 is 0 Å². The lowest BCUT2D eigenvalue weighted by molar-refractivity contribution is 0.369. The van der Waals surface area contributed by atoms with E-state index in [1.165, 1.54) is 0 Å². The predicted molar refractivity (Wildman–Crippen MR) is 42.7 cm³/mol. The maximum atomic E-state index is 4.17. The first-order chi connectivity index (χ1) is 5.31. The number of thiazole rings is 1. The Morgan fingerprint density at radius 2 is 2.64 bits per heavy atom. The second kappa shape index (κ2) is 2.24. The molecular formula is C5H8N5S+. The van der Waals surface area contributed by atoms with Crippen molar-refractivity contribution in [3.05, 3.63) is 11.6 Å². The molecular weight excluding hydrogens is 162 g/mol. The summed E-state index contributed by atoms with van der Waals surface area (Å²) in [6, 6.07) is 0. The Hall–Kier alpha value is -1.01. The Kier molecular flexibility index (Phi) is 1.36. The monoisotopic (exact) mass is 170 g/mol. The summed E-state index contributed by atoms with van der Waals surface area (Å²) in [7, 11) is 1.96. The summed E-state index contributed by atoms with van der Waals surface area (Å²) in [5.41, 5.74) is 2.80. The van der Waals surface area contributed by atoms with E-state index in [0.29, 0.717) is 11.3 Å². The van der Waals surface area contributed by atoms with Gasteiger partial charge in [-0.05, 0) is 5.22 Å². The lowest BCUT2D eigenvalue weighted by Crippen LogP contribution is -2.40. The van der Waals surface area contributed by atoms with Gasteiger partial charge in [0.05, 0.1) is 5.22 Å². The number of quaternary nitrogens is 1. The van der Waals surface area contributed by atoms with Crippen molar-refractivity contribution in [2.45, 2.75) is 0 Å². The molecule has 1 unspecified atom stereocenters. The molecule has 1 aromatic rings. The molecule has 1 aliphatic rings. The average molecular weight is 170 g/mol. The topological polar surface area (TPSA) is 49.6 Å². The second-order valence-corrected chi connectivity index (χ2v) is 3.33. The SMILES string of the molecule is C[N+]1(c2nccs2)CNN=N1. The van der Waals surface area contributed by atoms with Crippen LogP contribution in [-0.2, 0) is 0 Å². The van der Waals surface area contributed by atoms with E-state index in [2.05, 4.69) is 20.9 Å². The summed E-state index contributed by atoms with van der Waals surface area (Å²) in [5, 5.41) is 10.6. The van der Waals surface area contributed by atoms with Gasteiger partial charge >= 0.3 is 5.13 Å². The quantitative estimate of drug-likeness (QED) is 0.637. The summed E-state index contributed by atoms with van der Waals surface area (Å²) < 4.78 is 0.414. The smallest absolute Gasteiger partial charge is 0.235 e. The van der Waals surface area contributed by atoms with Gasteiger partial charge in [0.25, 0.3) is 0 Å². The van der Waals surface area contributed by atoms with Crippen molar-refractivity contribution in [2.24, 2.45) is 10.4 Å². The highest BCUT2D eigenvalue weighted by molar-refractivity contribution is 7.13. The van der Waals surface area contributed by atoms with Gasteiger partial charge in [-0.15, -0.1) is 4.59 Å². The third-order valence-electron chi connectivity index (χ3n) is 1.52. The highest BCUT2D eigenvalue weighted by atomic mass is 32.1. The molecule has 58 valence electrons. The van der Waals surface area contributed by atoms with Gasteiger partial charge in [0.1, 0.15) is 7.05 Å². The molecule has 1 aliphatic heterocycles. The van der Waals surface area contributed by atoms with Gasteiger partial charge in [-0.25, -0.2) is 5.43 Å². The van der Waals surface area contributed by atoms with Crippen LogP contribution in [0, 0.1) is 0 Å². The fourth-order valence-corrected chi connectivity index (χ4v) is 1.58. The normalized spacial score (nSPS) is 28.8. The molecule has 0 fully saturated rings. The van der Waals surface area contributed by atoms with Crippen molar-refractivity contribution in [3.8, 4) is 0 Å². The van der Waals surface area contributed by atoms with Crippen LogP contribution in [0.5, 0.6) is 0 Å². The van der Waals surface area contributed by atoms with Gasteiger partial charge in [-0.3, -0.25) is 0 Å². The van der Waals surface area contributed by atoms with Crippen molar-refractivity contribution < 1.29 is 0 Å². The number of hydrogen-bond donors (Lipinski definition) is 1. The lowest BCUT2D eigenvalue weighted by Gasteiger charge is -2.14. The molecule has 0 aromatic carbocycles. The van der Waals surface area contributed by atoms with Crippen LogP contribution in [-0.4, -0.2) is 18.7 Å². The summed E-state index contributed by atoms with van der Waals surface area (Å²) in [4.78, 5) is 4.17. The van der Waals surface area contributed by atoms with Crippen LogP contribution >= 0.6 is 11.3 Å². The molecule has 0 spiro atoms. The molecule has 2 rings (SSSR count). The van der Waals surface area contributed by atoms with Crippen molar-refractivity contribution >= 4 is 16.5 Å². The number of hydrogen-bond acceptors (Lipinski definition) is 5. The highest BCUT2D eigenvalue weighted by Gasteiger charge is 2.32. The minimum atomic E-state index is 0.414. The number of nitrogens with one attached hydrogen (secondary N) is 1. The standard InChI is InChI=1S/C5H8N5S/c1-10(4-7-8-9-10)5-6-2-3-11-5/h2-3H,4H2,1H3,(H,7,9)/q+1. The van der Waals surface area contributed by atoms with E-state index in [1.54, 1.807) is 17.5 Å². The Morgan fingerprint density at radius 1 is 1.73 bits per heavy atom. The van der Waals surface area contributed by atoms with Crippen molar-refractivity contribution in [1.29, 1.82) is 0 Å². The molecule has 0 amide bonds. The Bertz CT molecular complexity index is 268. The number of aromatic nitrogens is 1. The number of nitrogens with zero attached hydrogens (tertiary/aromatic N) is 4. The Morgan fingerprint density at radius 3 is 3.18 bits per heavy atom. The van der Waals surface area contributed by atoms with Gasteiger partial charge in [-0.1, -0.05) is 11.3 Å². The molecule has 0 saturated heterocycles. The predicted octanol–water partition coefficient (Wildman–Crippen LogP) is 0.923. The zero-order valence-electron chi connectivity index (χ0n) is 6.06. The highest BCUT2D eigenvalue weighted by Crippen LogP contribution is 2.25. The van der Waals surface area contributed by atoms with Gasteiger partial charge in [0.2, 0.25) is 6.67 Å². The molecule has 2 heterocycles. The van der Waals surface area contributed by atoms with Crippen LogP contribution in [0.25, 0.3) is 0 Å². The fourth-order valence-electron chi connectivity index (χ4n) is 0.891.